The Bertz CT molecular complexity index is 863. The van der Waals surface area contributed by atoms with Crippen LogP contribution in [0.3, 0.4) is 0 Å². The lowest BCUT2D eigenvalue weighted by molar-refractivity contribution is 0.0467. The highest BCUT2D eigenvalue weighted by atomic mass is 16.5. The van der Waals surface area contributed by atoms with Gasteiger partial charge in [-0.3, -0.25) is 0 Å². The lowest BCUT2D eigenvalue weighted by Crippen LogP contribution is -2.10. The Hall–Kier alpha value is -3.11. The molecular weight excluding hydrogens is 338 g/mol. The second kappa shape index (κ2) is 9.55. The molecule has 0 unspecified atom stereocenters. The monoisotopic (exact) mass is 361 g/mol. The Labute approximate surface area is 159 Å². The van der Waals surface area contributed by atoms with Crippen LogP contribution in [-0.2, 0) is 24.4 Å². The number of benzene rings is 3. The molecule has 4 nitrogen and oxygen atoms in total. The fourth-order valence-electron chi connectivity index (χ4n) is 2.72. The lowest BCUT2D eigenvalue weighted by Gasteiger charge is -2.13. The van der Waals surface area contributed by atoms with E-state index in [1.54, 1.807) is 6.07 Å². The fraction of sp³-hybridized carbons (Fsp3) is 0.174. The van der Waals surface area contributed by atoms with Gasteiger partial charge in [0.25, 0.3) is 0 Å². The van der Waals surface area contributed by atoms with Crippen molar-refractivity contribution in [3.8, 4) is 5.75 Å². The number of carbonyl (C=O) groups excluding carboxylic acids is 1. The number of ether oxygens (including phenoxy) is 2. The number of rotatable bonds is 8. The van der Waals surface area contributed by atoms with Gasteiger partial charge in [-0.15, -0.1) is 0 Å². The summed E-state index contributed by atoms with van der Waals surface area (Å²) in [6, 6.07) is 25.0. The van der Waals surface area contributed by atoms with Gasteiger partial charge in [-0.25, -0.2) is 4.79 Å². The van der Waals surface area contributed by atoms with E-state index in [4.69, 9.17) is 15.2 Å². The summed E-state index contributed by atoms with van der Waals surface area (Å²) in [5, 5.41) is 0. The average Bonchev–Trinajstić information content (AvgIpc) is 2.73. The first-order valence-electron chi connectivity index (χ1n) is 8.97. The summed E-state index contributed by atoms with van der Waals surface area (Å²) >= 11 is 0. The van der Waals surface area contributed by atoms with Crippen LogP contribution in [-0.4, -0.2) is 12.5 Å². The zero-order chi connectivity index (χ0) is 18.9. The van der Waals surface area contributed by atoms with Gasteiger partial charge in [0.2, 0.25) is 0 Å². The van der Waals surface area contributed by atoms with Crippen LogP contribution >= 0.6 is 0 Å². The summed E-state index contributed by atoms with van der Waals surface area (Å²) < 4.78 is 11.4. The van der Waals surface area contributed by atoms with Crippen molar-refractivity contribution in [2.45, 2.75) is 19.6 Å². The Balaban J connectivity index is 1.75. The third-order valence-electron chi connectivity index (χ3n) is 4.15. The molecule has 2 N–H and O–H groups in total. The summed E-state index contributed by atoms with van der Waals surface area (Å²) in [6.45, 7) is 1.12. The highest BCUT2D eigenvalue weighted by molar-refractivity contribution is 5.92. The molecule has 0 aromatic heterocycles. The van der Waals surface area contributed by atoms with Gasteiger partial charge >= 0.3 is 5.97 Å². The summed E-state index contributed by atoms with van der Waals surface area (Å²) in [5.41, 5.74) is 9.03. The highest BCUT2D eigenvalue weighted by Crippen LogP contribution is 2.23. The molecule has 0 saturated carbocycles. The fourth-order valence-corrected chi connectivity index (χ4v) is 2.72. The topological polar surface area (TPSA) is 61.5 Å². The molecule has 0 bridgehead atoms. The molecule has 0 amide bonds. The van der Waals surface area contributed by atoms with E-state index in [2.05, 4.69) is 0 Å². The van der Waals surface area contributed by atoms with Crippen LogP contribution in [0.1, 0.15) is 27.0 Å². The third-order valence-corrected chi connectivity index (χ3v) is 4.15. The minimum atomic E-state index is -0.402. The molecule has 0 aliphatic carbocycles. The Morgan fingerprint density at radius 1 is 0.778 bits per heavy atom. The van der Waals surface area contributed by atoms with Crippen LogP contribution in [0.25, 0.3) is 0 Å². The molecule has 3 aromatic carbocycles. The largest absolute Gasteiger partial charge is 0.488 e. The maximum atomic E-state index is 12.7. The molecule has 0 saturated heterocycles. The zero-order valence-corrected chi connectivity index (χ0v) is 15.1. The molecule has 0 aliphatic rings. The van der Waals surface area contributed by atoms with Gasteiger partial charge in [0, 0.05) is 0 Å². The first-order chi connectivity index (χ1) is 13.3. The molecule has 0 heterocycles. The van der Waals surface area contributed by atoms with Gasteiger partial charge < -0.3 is 15.2 Å². The van der Waals surface area contributed by atoms with Crippen molar-refractivity contribution in [1.29, 1.82) is 0 Å². The van der Waals surface area contributed by atoms with Crippen LogP contribution < -0.4 is 10.5 Å². The summed E-state index contributed by atoms with van der Waals surface area (Å²) in [5.74, 6) is 0.110. The van der Waals surface area contributed by atoms with E-state index in [1.165, 1.54) is 0 Å². The van der Waals surface area contributed by atoms with Crippen molar-refractivity contribution < 1.29 is 14.3 Å². The summed E-state index contributed by atoms with van der Waals surface area (Å²) in [4.78, 5) is 12.7. The third kappa shape index (κ3) is 5.43. The molecule has 0 spiro atoms. The molecule has 3 rings (SSSR count). The number of carbonyl (C=O) groups is 1. The number of esters is 1. The van der Waals surface area contributed by atoms with Crippen LogP contribution in [0.5, 0.6) is 5.75 Å². The molecule has 0 radical (unpaired) electrons. The molecule has 138 valence electrons. The molecule has 0 fully saturated rings. The van der Waals surface area contributed by atoms with E-state index in [0.717, 1.165) is 16.7 Å². The SMILES string of the molecule is NCCc1ccc(OCc2ccccc2)c(C(=O)OCc2ccccc2)c1. The highest BCUT2D eigenvalue weighted by Gasteiger charge is 2.16. The van der Waals surface area contributed by atoms with Gasteiger partial charge in [0.1, 0.15) is 24.5 Å². The first kappa shape index (κ1) is 18.7. The lowest BCUT2D eigenvalue weighted by atomic mass is 10.1. The van der Waals surface area contributed by atoms with Crippen LogP contribution in [0, 0.1) is 0 Å². The van der Waals surface area contributed by atoms with Crippen LogP contribution in [0.15, 0.2) is 78.9 Å². The molecule has 0 aliphatic heterocycles. The van der Waals surface area contributed by atoms with E-state index in [9.17, 15) is 4.79 Å². The summed E-state index contributed by atoms with van der Waals surface area (Å²) in [6.07, 6.45) is 0.692. The Morgan fingerprint density at radius 3 is 2.04 bits per heavy atom. The second-order valence-corrected chi connectivity index (χ2v) is 6.21. The van der Waals surface area contributed by atoms with Gasteiger partial charge in [0.05, 0.1) is 0 Å². The van der Waals surface area contributed by atoms with E-state index >= 15 is 0 Å². The number of hydrogen-bond acceptors (Lipinski definition) is 4. The maximum absolute atomic E-state index is 12.7. The van der Waals surface area contributed by atoms with E-state index in [-0.39, 0.29) is 6.61 Å². The molecular formula is C23H23NO3. The van der Waals surface area contributed by atoms with Crippen molar-refractivity contribution in [3.05, 3.63) is 101 Å². The number of hydrogen-bond donors (Lipinski definition) is 1. The van der Waals surface area contributed by atoms with Crippen LogP contribution in [0.2, 0.25) is 0 Å². The first-order valence-corrected chi connectivity index (χ1v) is 8.97. The van der Waals surface area contributed by atoms with E-state index < -0.39 is 5.97 Å². The van der Waals surface area contributed by atoms with Crippen molar-refractivity contribution in [2.75, 3.05) is 6.54 Å². The van der Waals surface area contributed by atoms with Gasteiger partial charge in [-0.2, -0.15) is 0 Å². The minimum Gasteiger partial charge on any atom is -0.488 e. The van der Waals surface area contributed by atoms with Gasteiger partial charge in [0.15, 0.2) is 0 Å². The van der Waals surface area contributed by atoms with Crippen LogP contribution in [0.4, 0.5) is 0 Å². The average molecular weight is 361 g/mol. The molecule has 0 atom stereocenters. The summed E-state index contributed by atoms with van der Waals surface area (Å²) in [7, 11) is 0. The van der Waals surface area contributed by atoms with Gasteiger partial charge in [-0.05, 0) is 41.8 Å². The Morgan fingerprint density at radius 2 is 1.41 bits per heavy atom. The predicted molar refractivity (Wildman–Crippen MR) is 106 cm³/mol. The van der Waals surface area contributed by atoms with E-state index in [0.29, 0.717) is 30.9 Å². The standard InChI is InChI=1S/C23H23NO3/c24-14-13-18-11-12-22(26-16-19-7-3-1-4-8-19)21(15-18)23(25)27-17-20-9-5-2-6-10-20/h1-12,15H,13-14,16-17,24H2. The van der Waals surface area contributed by atoms with Crippen molar-refractivity contribution in [2.24, 2.45) is 5.73 Å². The zero-order valence-electron chi connectivity index (χ0n) is 15.1. The molecule has 4 heteroatoms. The van der Waals surface area contributed by atoms with Crippen molar-refractivity contribution in [1.82, 2.24) is 0 Å². The maximum Gasteiger partial charge on any atom is 0.342 e. The normalized spacial score (nSPS) is 10.4. The predicted octanol–water partition coefficient (Wildman–Crippen LogP) is 4.12. The van der Waals surface area contributed by atoms with E-state index in [1.807, 2.05) is 72.8 Å². The number of nitrogens with two attached hydrogens (primary N) is 1. The quantitative estimate of drug-likeness (QED) is 0.613. The molecule has 3 aromatic rings. The van der Waals surface area contributed by atoms with Crippen molar-refractivity contribution in [3.63, 3.8) is 0 Å². The van der Waals surface area contributed by atoms with Gasteiger partial charge in [-0.1, -0.05) is 66.7 Å². The molecule has 27 heavy (non-hydrogen) atoms. The smallest absolute Gasteiger partial charge is 0.342 e. The second-order valence-electron chi connectivity index (χ2n) is 6.21. The van der Waals surface area contributed by atoms with Crippen molar-refractivity contribution >= 4 is 5.97 Å². The Kier molecular flexibility index (Phi) is 6.61. The minimum absolute atomic E-state index is 0.221.